The maximum absolute atomic E-state index is 13.4. The first kappa shape index (κ1) is 32.2. The predicted molar refractivity (Wildman–Crippen MR) is 178 cm³/mol. The van der Waals surface area contributed by atoms with Crippen LogP contribution in [0, 0.1) is 24.0 Å². The van der Waals surface area contributed by atoms with Crippen LogP contribution in [-0.4, -0.2) is 28.2 Å². The third-order valence-corrected chi connectivity index (χ3v) is 11.6. The van der Waals surface area contributed by atoms with E-state index >= 15 is 0 Å². The molecule has 0 spiro atoms. The van der Waals surface area contributed by atoms with Crippen molar-refractivity contribution in [2.75, 3.05) is 0 Å². The molecule has 0 atom stereocenters. The topological polar surface area (TPSA) is 51.8 Å². The molecule has 0 bridgehead atoms. The Labute approximate surface area is 277 Å². The Morgan fingerprint density at radius 1 is 0.909 bits per heavy atom. The van der Waals surface area contributed by atoms with Crippen molar-refractivity contribution >= 4 is 39.7 Å². The minimum Gasteiger partial charge on any atom is -0.486 e. The van der Waals surface area contributed by atoms with Crippen LogP contribution in [0.5, 0.6) is 0 Å². The van der Waals surface area contributed by atoms with Gasteiger partial charge < -0.3 is 9.40 Å². The van der Waals surface area contributed by atoms with E-state index in [-0.39, 0.29) is 25.8 Å². The molecule has 0 N–H and O–H groups in total. The van der Waals surface area contributed by atoms with Crippen LogP contribution in [0.25, 0.3) is 44.6 Å². The van der Waals surface area contributed by atoms with Gasteiger partial charge >= 0.3 is 126 Å². The van der Waals surface area contributed by atoms with Crippen molar-refractivity contribution < 1.29 is 30.3 Å². The summed E-state index contributed by atoms with van der Waals surface area (Å²) in [5, 5.41) is 1.59. The second kappa shape index (κ2) is 14.3. The van der Waals surface area contributed by atoms with Crippen LogP contribution in [0.1, 0.15) is 46.1 Å². The zero-order valence-corrected chi connectivity index (χ0v) is 30.7. The number of benzene rings is 2. The number of nitrogens with zero attached hydrogens (tertiary/aromatic N) is 3. The molecule has 0 saturated heterocycles. The van der Waals surface area contributed by atoms with E-state index in [4.69, 9.17) is 10.8 Å². The number of furan rings is 1. The molecule has 1 radical (unpaired) electrons. The summed E-state index contributed by atoms with van der Waals surface area (Å²) >= 11 is -1.86. The molecule has 0 aliphatic heterocycles. The average Bonchev–Trinajstić information content (AvgIpc) is 3.34. The maximum Gasteiger partial charge on any atom is 0.218 e. The van der Waals surface area contributed by atoms with Crippen molar-refractivity contribution in [3.8, 4) is 22.5 Å². The quantitative estimate of drug-likeness (QED) is 0.0955. The van der Waals surface area contributed by atoms with E-state index in [2.05, 4.69) is 71.5 Å². The van der Waals surface area contributed by atoms with Gasteiger partial charge in [-0.3, -0.25) is 0 Å². The van der Waals surface area contributed by atoms with Gasteiger partial charge in [-0.1, -0.05) is 36.4 Å². The fraction of sp³-hybridized carbons (Fsp3) is 0.270. The average molecular weight is 826 g/mol. The van der Waals surface area contributed by atoms with Crippen LogP contribution in [0.3, 0.4) is 0 Å². The van der Waals surface area contributed by atoms with Gasteiger partial charge in [0.25, 0.3) is 0 Å². The van der Waals surface area contributed by atoms with Crippen LogP contribution < -0.4 is 4.40 Å². The summed E-state index contributed by atoms with van der Waals surface area (Å²) in [6, 6.07) is 27.1. The molecule has 0 aliphatic rings. The van der Waals surface area contributed by atoms with Crippen LogP contribution >= 0.6 is 0 Å². The Morgan fingerprint density at radius 3 is 2.39 bits per heavy atom. The Morgan fingerprint density at radius 2 is 1.70 bits per heavy atom. The summed E-state index contributed by atoms with van der Waals surface area (Å²) < 4.78 is 28.9. The van der Waals surface area contributed by atoms with Crippen molar-refractivity contribution in [3.63, 3.8) is 0 Å². The molecule has 4 heterocycles. The zero-order valence-electron chi connectivity index (χ0n) is 27.3. The van der Waals surface area contributed by atoms with E-state index in [9.17, 15) is 4.39 Å². The van der Waals surface area contributed by atoms with Crippen LogP contribution in [0.15, 0.2) is 83.5 Å². The summed E-state index contributed by atoms with van der Waals surface area (Å²) in [5.74, 6) is 6.68. The molecule has 6 aromatic rings. The van der Waals surface area contributed by atoms with Crippen molar-refractivity contribution in [2.45, 2.75) is 57.3 Å². The normalized spacial score (nSPS) is 12.1. The van der Waals surface area contributed by atoms with Gasteiger partial charge in [0.2, 0.25) is 11.7 Å². The van der Waals surface area contributed by atoms with E-state index in [0.717, 1.165) is 34.0 Å². The van der Waals surface area contributed by atoms with Crippen molar-refractivity contribution in [1.82, 2.24) is 15.0 Å². The standard InChI is InChI=1S/C19H14FN2O.C18H24GeN.Ir/c1-11(2)12-8-9-21-16(10-12)15-5-3-4-13-14-6-7-17(20)22-19(14)23-18(13)15;1-14(2)11-16-12-18(15-9-7-6-8-10-15)20-13-17(16)19(3,4)5;/h3-4,6-11H,1-2H3;6-9,12-14H,11H2,1-5H3;/q2*-1;/i11D;;. The van der Waals surface area contributed by atoms with E-state index in [1.54, 1.807) is 22.7 Å². The Balaban J connectivity index is 0.000000204. The smallest absolute Gasteiger partial charge is 0.218 e. The van der Waals surface area contributed by atoms with Gasteiger partial charge in [0.1, 0.15) is 0 Å². The van der Waals surface area contributed by atoms with Crippen molar-refractivity contribution in [2.24, 2.45) is 5.92 Å². The molecule has 2 aromatic carbocycles. The second-order valence-electron chi connectivity index (χ2n) is 12.5. The van der Waals surface area contributed by atoms with Crippen LogP contribution in [0.2, 0.25) is 17.3 Å². The van der Waals surface area contributed by atoms with E-state index < -0.39 is 25.1 Å². The first-order valence-electron chi connectivity index (χ1n) is 15.1. The number of aromatic nitrogens is 3. The summed E-state index contributed by atoms with van der Waals surface area (Å²) in [4.78, 5) is 12.9. The maximum atomic E-state index is 13.4. The number of hydrogen-bond acceptors (Lipinski definition) is 4. The molecule has 7 heteroatoms. The number of hydrogen-bond donors (Lipinski definition) is 0. The fourth-order valence-electron chi connectivity index (χ4n) is 5.15. The second-order valence-corrected chi connectivity index (χ2v) is 23.0. The molecule has 0 unspecified atom stereocenters. The molecule has 0 amide bonds. The molecule has 0 saturated carbocycles. The Kier molecular flexibility index (Phi) is 10.5. The van der Waals surface area contributed by atoms with Crippen molar-refractivity contribution in [1.29, 1.82) is 0 Å². The number of rotatable bonds is 6. The molecule has 4 aromatic heterocycles. The van der Waals surface area contributed by atoms with Gasteiger partial charge in [0.15, 0.2) is 0 Å². The monoisotopic (exact) mass is 827 g/mol. The van der Waals surface area contributed by atoms with Crippen LogP contribution in [0.4, 0.5) is 4.39 Å². The Hall–Kier alpha value is -3.19. The van der Waals surface area contributed by atoms with Gasteiger partial charge in [0.05, 0.1) is 5.58 Å². The SMILES string of the molecule is CC(C)Cc1cc(-c2[c-]cccc2)nc[c]1[Ge]([CH3])([CH3])[CH3].[2H]C(C)(C)c1ccnc(-c2[c-]ccc3c2oc2nc(F)ccc23)c1.[Ir]. The van der Waals surface area contributed by atoms with Gasteiger partial charge in [-0.05, 0) is 29.8 Å². The number of fused-ring (bicyclic) bond motifs is 3. The molecule has 44 heavy (non-hydrogen) atoms. The van der Waals surface area contributed by atoms with E-state index in [1.165, 1.54) is 11.6 Å². The van der Waals surface area contributed by atoms with Crippen molar-refractivity contribution in [3.05, 3.63) is 108 Å². The molecule has 229 valence electrons. The Bertz CT molecular complexity index is 1910. The predicted octanol–water partition coefficient (Wildman–Crippen LogP) is 9.40. The first-order chi connectivity index (χ1) is 20.8. The fourth-order valence-corrected chi connectivity index (χ4v) is 8.48. The molecular weight excluding hydrogens is 786 g/mol. The summed E-state index contributed by atoms with van der Waals surface area (Å²) in [6.45, 7) is 8.22. The minimum absolute atomic E-state index is 0. The summed E-state index contributed by atoms with van der Waals surface area (Å²) in [6.07, 6.45) is 4.95. The minimum atomic E-state index is -1.86. The van der Waals surface area contributed by atoms with Gasteiger partial charge in [-0.15, -0.1) is 18.2 Å². The largest absolute Gasteiger partial charge is 0.486 e. The molecule has 4 nitrogen and oxygen atoms in total. The summed E-state index contributed by atoms with van der Waals surface area (Å²) in [5.41, 5.74) is 6.64. The van der Waals surface area contributed by atoms with Crippen LogP contribution in [-0.2, 0) is 26.5 Å². The van der Waals surface area contributed by atoms with E-state index in [0.29, 0.717) is 22.8 Å². The summed E-state index contributed by atoms with van der Waals surface area (Å²) in [7, 11) is 0. The van der Waals surface area contributed by atoms with E-state index in [1.807, 2.05) is 50.2 Å². The number of halogens is 1. The molecular formula is C37H38FGeIrN3O-2. The molecule has 0 aliphatic carbocycles. The first-order valence-corrected chi connectivity index (χ1v) is 22.0. The third-order valence-electron chi connectivity index (χ3n) is 7.27. The van der Waals surface area contributed by atoms with Gasteiger partial charge in [-0.2, -0.15) is 9.37 Å². The number of pyridine rings is 3. The van der Waals surface area contributed by atoms with Gasteiger partial charge in [-0.25, -0.2) is 0 Å². The van der Waals surface area contributed by atoms with Gasteiger partial charge in [0, 0.05) is 33.1 Å². The molecule has 6 rings (SSSR count). The molecule has 0 fully saturated rings. The third kappa shape index (κ3) is 7.71. The zero-order chi connectivity index (χ0) is 31.6.